The molecule has 4 rings (SSSR count). The molecule has 5 nitrogen and oxygen atoms in total. The van der Waals surface area contributed by atoms with Gasteiger partial charge in [-0.15, -0.1) is 0 Å². The van der Waals surface area contributed by atoms with Gasteiger partial charge >= 0.3 is 0 Å². The van der Waals surface area contributed by atoms with Crippen molar-refractivity contribution in [2.45, 2.75) is 52.1 Å². The molecule has 1 saturated heterocycles. The number of fused-ring (bicyclic) bond motifs is 1. The zero-order chi connectivity index (χ0) is 18.3. The molecular formula is C21H23N3O2. The number of nitrogens with zero attached hydrogens (tertiary/aromatic N) is 3. The monoisotopic (exact) mass is 349 g/mol. The summed E-state index contributed by atoms with van der Waals surface area (Å²) in [6, 6.07) is 11.8. The number of carbonyl (C=O) groups excluding carboxylic acids is 1. The van der Waals surface area contributed by atoms with Gasteiger partial charge in [-0.05, 0) is 70.4 Å². The molecule has 1 aliphatic rings. The van der Waals surface area contributed by atoms with Crippen molar-refractivity contribution < 1.29 is 9.21 Å². The van der Waals surface area contributed by atoms with E-state index >= 15 is 0 Å². The van der Waals surface area contributed by atoms with E-state index in [0.29, 0.717) is 22.7 Å². The first-order valence-electron chi connectivity index (χ1n) is 9.20. The fourth-order valence-corrected chi connectivity index (χ4v) is 3.80. The number of oxazole rings is 1. The van der Waals surface area contributed by atoms with E-state index in [9.17, 15) is 4.79 Å². The summed E-state index contributed by atoms with van der Waals surface area (Å²) in [7, 11) is 0. The second-order valence-corrected chi connectivity index (χ2v) is 7.21. The second kappa shape index (κ2) is 6.56. The van der Waals surface area contributed by atoms with Gasteiger partial charge in [-0.2, -0.15) is 0 Å². The first-order chi connectivity index (χ1) is 12.5. The Hall–Kier alpha value is -2.69. The van der Waals surface area contributed by atoms with Gasteiger partial charge < -0.3 is 9.32 Å². The molecule has 1 aliphatic heterocycles. The number of benzene rings is 1. The van der Waals surface area contributed by atoms with Crippen molar-refractivity contribution in [3.05, 3.63) is 47.7 Å². The van der Waals surface area contributed by atoms with E-state index < -0.39 is 0 Å². The minimum atomic E-state index is 0.0678. The first-order valence-corrected chi connectivity index (χ1v) is 9.20. The molecule has 1 fully saturated rings. The molecule has 2 unspecified atom stereocenters. The zero-order valence-corrected chi connectivity index (χ0v) is 15.4. The molecule has 2 atom stereocenters. The Labute approximate surface area is 153 Å². The number of piperidine rings is 1. The van der Waals surface area contributed by atoms with Crippen LogP contribution in [-0.2, 0) is 0 Å². The standard InChI is InChI=1S/C21H23N3O2/c1-13-6-4-9-18(22-13)20-23-17-11-10-16(12-19(17)26-20)21(25)24-14(2)7-5-8-15(24)3/h4,6,9-12,14-15H,5,7-8H2,1-3H3. The highest BCUT2D eigenvalue weighted by atomic mass is 16.3. The van der Waals surface area contributed by atoms with Crippen LogP contribution in [0.25, 0.3) is 22.7 Å². The molecule has 0 N–H and O–H groups in total. The quantitative estimate of drug-likeness (QED) is 0.678. The number of pyridine rings is 1. The van der Waals surface area contributed by atoms with E-state index in [0.717, 1.165) is 24.1 Å². The van der Waals surface area contributed by atoms with E-state index in [1.807, 2.05) is 42.2 Å². The minimum absolute atomic E-state index is 0.0678. The smallest absolute Gasteiger partial charge is 0.254 e. The SMILES string of the molecule is Cc1cccc(-c2nc3ccc(C(=O)N4C(C)CCCC4C)cc3o2)n1. The van der Waals surface area contributed by atoms with Crippen LogP contribution >= 0.6 is 0 Å². The lowest BCUT2D eigenvalue weighted by atomic mass is 9.96. The number of amides is 1. The minimum Gasteiger partial charge on any atom is -0.435 e. The number of aromatic nitrogens is 2. The summed E-state index contributed by atoms with van der Waals surface area (Å²) in [5.41, 5.74) is 3.62. The summed E-state index contributed by atoms with van der Waals surface area (Å²) in [6.45, 7) is 6.19. The summed E-state index contributed by atoms with van der Waals surface area (Å²) in [4.78, 5) is 24.0. The van der Waals surface area contributed by atoms with Gasteiger partial charge in [0, 0.05) is 23.3 Å². The van der Waals surface area contributed by atoms with Crippen LogP contribution in [0.1, 0.15) is 49.2 Å². The molecule has 134 valence electrons. The Balaban J connectivity index is 1.68. The van der Waals surface area contributed by atoms with Crippen molar-refractivity contribution in [1.82, 2.24) is 14.9 Å². The summed E-state index contributed by atoms with van der Waals surface area (Å²) >= 11 is 0. The molecule has 2 aromatic heterocycles. The molecule has 0 spiro atoms. The fraction of sp³-hybridized carbons (Fsp3) is 0.381. The Morgan fingerprint density at radius 1 is 1.12 bits per heavy atom. The molecule has 0 radical (unpaired) electrons. The van der Waals surface area contributed by atoms with Crippen molar-refractivity contribution in [1.29, 1.82) is 0 Å². The number of carbonyl (C=O) groups is 1. The van der Waals surface area contributed by atoms with Gasteiger partial charge in [0.05, 0.1) is 0 Å². The number of likely N-dealkylation sites (tertiary alicyclic amines) is 1. The molecule has 0 saturated carbocycles. The lowest BCUT2D eigenvalue weighted by Gasteiger charge is -2.39. The topological polar surface area (TPSA) is 59.2 Å². The maximum Gasteiger partial charge on any atom is 0.254 e. The van der Waals surface area contributed by atoms with Crippen molar-refractivity contribution in [2.75, 3.05) is 0 Å². The molecule has 3 aromatic rings. The zero-order valence-electron chi connectivity index (χ0n) is 15.4. The maximum atomic E-state index is 13.0. The normalized spacial score (nSPS) is 20.5. The third kappa shape index (κ3) is 2.98. The van der Waals surface area contributed by atoms with E-state index in [1.54, 1.807) is 6.07 Å². The Bertz CT molecular complexity index is 953. The Morgan fingerprint density at radius 2 is 1.88 bits per heavy atom. The van der Waals surface area contributed by atoms with Crippen LogP contribution in [0.3, 0.4) is 0 Å². The number of hydrogen-bond acceptors (Lipinski definition) is 4. The van der Waals surface area contributed by atoms with Crippen molar-refractivity contribution in [2.24, 2.45) is 0 Å². The van der Waals surface area contributed by atoms with Gasteiger partial charge in [0.15, 0.2) is 5.58 Å². The Morgan fingerprint density at radius 3 is 2.62 bits per heavy atom. The molecule has 0 aliphatic carbocycles. The van der Waals surface area contributed by atoms with Gasteiger partial charge in [-0.3, -0.25) is 4.79 Å². The molecule has 1 aromatic carbocycles. The van der Waals surface area contributed by atoms with E-state index in [4.69, 9.17) is 4.42 Å². The Kier molecular flexibility index (Phi) is 4.23. The van der Waals surface area contributed by atoms with E-state index in [2.05, 4.69) is 23.8 Å². The number of aryl methyl sites for hydroxylation is 1. The number of hydrogen-bond donors (Lipinski definition) is 0. The van der Waals surface area contributed by atoms with Crippen LogP contribution in [0.4, 0.5) is 0 Å². The lowest BCUT2D eigenvalue weighted by molar-refractivity contribution is 0.0511. The van der Waals surface area contributed by atoms with E-state index in [-0.39, 0.29) is 18.0 Å². The third-order valence-electron chi connectivity index (χ3n) is 5.17. The second-order valence-electron chi connectivity index (χ2n) is 7.21. The summed E-state index contributed by atoms with van der Waals surface area (Å²) in [6.07, 6.45) is 3.30. The average molecular weight is 349 g/mol. The first kappa shape index (κ1) is 16.8. The van der Waals surface area contributed by atoms with Gasteiger partial charge in [-0.25, -0.2) is 9.97 Å². The van der Waals surface area contributed by atoms with Gasteiger partial charge in [0.2, 0.25) is 5.89 Å². The molecule has 26 heavy (non-hydrogen) atoms. The highest BCUT2D eigenvalue weighted by Crippen LogP contribution is 2.27. The average Bonchev–Trinajstić information content (AvgIpc) is 3.04. The molecular weight excluding hydrogens is 326 g/mol. The molecule has 5 heteroatoms. The van der Waals surface area contributed by atoms with Gasteiger partial charge in [-0.1, -0.05) is 6.07 Å². The van der Waals surface area contributed by atoms with Gasteiger partial charge in [0.1, 0.15) is 11.2 Å². The highest BCUT2D eigenvalue weighted by molar-refractivity contribution is 5.97. The summed E-state index contributed by atoms with van der Waals surface area (Å²) in [5, 5.41) is 0. The number of rotatable bonds is 2. The lowest BCUT2D eigenvalue weighted by Crippen LogP contribution is -2.47. The van der Waals surface area contributed by atoms with Crippen LogP contribution in [0.15, 0.2) is 40.8 Å². The van der Waals surface area contributed by atoms with Crippen LogP contribution in [-0.4, -0.2) is 32.9 Å². The predicted octanol–water partition coefficient (Wildman–Crippen LogP) is 4.60. The van der Waals surface area contributed by atoms with Crippen molar-refractivity contribution in [3.8, 4) is 11.6 Å². The maximum absolute atomic E-state index is 13.0. The predicted molar refractivity (Wildman–Crippen MR) is 101 cm³/mol. The van der Waals surface area contributed by atoms with Crippen LogP contribution in [0.5, 0.6) is 0 Å². The van der Waals surface area contributed by atoms with Crippen LogP contribution in [0, 0.1) is 6.92 Å². The molecule has 1 amide bonds. The summed E-state index contributed by atoms with van der Waals surface area (Å²) in [5.74, 6) is 0.547. The third-order valence-corrected chi connectivity index (χ3v) is 5.17. The van der Waals surface area contributed by atoms with E-state index in [1.165, 1.54) is 6.42 Å². The molecule has 3 heterocycles. The summed E-state index contributed by atoms with van der Waals surface area (Å²) < 4.78 is 5.90. The van der Waals surface area contributed by atoms with Crippen LogP contribution in [0.2, 0.25) is 0 Å². The van der Waals surface area contributed by atoms with Gasteiger partial charge in [0.25, 0.3) is 5.91 Å². The largest absolute Gasteiger partial charge is 0.435 e. The highest BCUT2D eigenvalue weighted by Gasteiger charge is 2.29. The van der Waals surface area contributed by atoms with Crippen LogP contribution < -0.4 is 0 Å². The van der Waals surface area contributed by atoms with Crippen molar-refractivity contribution >= 4 is 17.0 Å². The molecule has 0 bridgehead atoms. The fourth-order valence-electron chi connectivity index (χ4n) is 3.80. The van der Waals surface area contributed by atoms with Crippen molar-refractivity contribution in [3.63, 3.8) is 0 Å².